The summed E-state index contributed by atoms with van der Waals surface area (Å²) in [6, 6.07) is 0.379. The van der Waals surface area contributed by atoms with E-state index in [0.29, 0.717) is 6.42 Å². The second-order valence-corrected chi connectivity index (χ2v) is 5.68. The number of piperidine rings is 1. The summed E-state index contributed by atoms with van der Waals surface area (Å²) in [6.45, 7) is 4.04. The number of nitrogens with one attached hydrogen (secondary N) is 1. The summed E-state index contributed by atoms with van der Waals surface area (Å²) in [7, 11) is 0. The van der Waals surface area contributed by atoms with Crippen LogP contribution in [0.25, 0.3) is 0 Å². The molecule has 0 bridgehead atoms. The standard InChI is InChI=1S/C16H29NO3/c1-3-4-8-15(19)16(20)9-6-5-7-13-10-11-14(18)12(2)17-13/h5-7,9,12-20H,3-4,8,10-11H2,1-2H3/b7-5+,9-6+/t12-,13+,14+,15+,16+/m0/s1. The van der Waals surface area contributed by atoms with Gasteiger partial charge in [-0.2, -0.15) is 0 Å². The third-order valence-electron chi connectivity index (χ3n) is 3.84. The van der Waals surface area contributed by atoms with Gasteiger partial charge in [0, 0.05) is 12.1 Å². The van der Waals surface area contributed by atoms with Gasteiger partial charge in [-0.25, -0.2) is 0 Å². The highest BCUT2D eigenvalue weighted by molar-refractivity contribution is 5.10. The molecule has 0 unspecified atom stereocenters. The van der Waals surface area contributed by atoms with Crippen LogP contribution in [0.4, 0.5) is 0 Å². The Morgan fingerprint density at radius 1 is 1.25 bits per heavy atom. The molecule has 0 saturated carbocycles. The van der Waals surface area contributed by atoms with Crippen LogP contribution in [-0.2, 0) is 0 Å². The lowest BCUT2D eigenvalue weighted by molar-refractivity contribution is 0.0418. The molecular formula is C16H29NO3. The zero-order chi connectivity index (χ0) is 15.0. The lowest BCUT2D eigenvalue weighted by Crippen LogP contribution is -2.47. The average molecular weight is 283 g/mol. The minimum atomic E-state index is -0.800. The van der Waals surface area contributed by atoms with Gasteiger partial charge in [-0.15, -0.1) is 0 Å². The van der Waals surface area contributed by atoms with Gasteiger partial charge in [-0.05, 0) is 26.2 Å². The van der Waals surface area contributed by atoms with E-state index < -0.39 is 12.2 Å². The first-order valence-corrected chi connectivity index (χ1v) is 7.69. The highest BCUT2D eigenvalue weighted by Gasteiger charge is 2.22. The second kappa shape index (κ2) is 9.29. The molecule has 0 radical (unpaired) electrons. The Labute approximate surface area is 122 Å². The quantitative estimate of drug-likeness (QED) is 0.535. The Balaban J connectivity index is 2.30. The normalized spacial score (nSPS) is 30.9. The van der Waals surface area contributed by atoms with Gasteiger partial charge in [0.15, 0.2) is 0 Å². The van der Waals surface area contributed by atoms with Crippen molar-refractivity contribution in [2.75, 3.05) is 0 Å². The van der Waals surface area contributed by atoms with Crippen LogP contribution in [0.1, 0.15) is 46.0 Å². The van der Waals surface area contributed by atoms with Crippen LogP contribution >= 0.6 is 0 Å². The first kappa shape index (κ1) is 17.4. The molecule has 4 heteroatoms. The van der Waals surface area contributed by atoms with Crippen molar-refractivity contribution in [3.8, 4) is 0 Å². The maximum atomic E-state index is 9.74. The van der Waals surface area contributed by atoms with E-state index in [-0.39, 0.29) is 18.2 Å². The Bertz CT molecular complexity index is 317. The van der Waals surface area contributed by atoms with E-state index in [0.717, 1.165) is 25.7 Å². The van der Waals surface area contributed by atoms with Crippen LogP contribution in [0.3, 0.4) is 0 Å². The summed E-state index contributed by atoms with van der Waals surface area (Å²) in [5.74, 6) is 0. The third-order valence-corrected chi connectivity index (χ3v) is 3.84. The summed E-state index contributed by atoms with van der Waals surface area (Å²) in [5.41, 5.74) is 0. The molecule has 1 rings (SSSR count). The molecule has 0 spiro atoms. The monoisotopic (exact) mass is 283 g/mol. The van der Waals surface area contributed by atoms with Crippen molar-refractivity contribution in [1.29, 1.82) is 0 Å². The van der Waals surface area contributed by atoms with Gasteiger partial charge in [0.05, 0.1) is 18.3 Å². The molecule has 1 aliphatic heterocycles. The molecule has 4 N–H and O–H groups in total. The SMILES string of the molecule is CCCC[C@@H](O)[C@H](O)/C=C/C=C/[C@@H]1CC[C@@H](O)[C@H](C)N1. The van der Waals surface area contributed by atoms with Crippen molar-refractivity contribution in [2.45, 2.75) is 76.3 Å². The van der Waals surface area contributed by atoms with Crippen LogP contribution in [0.2, 0.25) is 0 Å². The van der Waals surface area contributed by atoms with Gasteiger partial charge in [0.25, 0.3) is 0 Å². The van der Waals surface area contributed by atoms with E-state index >= 15 is 0 Å². The summed E-state index contributed by atoms with van der Waals surface area (Å²) < 4.78 is 0. The predicted octanol–water partition coefficient (Wildman–Crippen LogP) is 1.51. The van der Waals surface area contributed by atoms with Crippen molar-refractivity contribution in [2.24, 2.45) is 0 Å². The number of allylic oxidation sites excluding steroid dienone is 2. The predicted molar refractivity (Wildman–Crippen MR) is 81.4 cm³/mol. The fourth-order valence-electron chi connectivity index (χ4n) is 2.37. The zero-order valence-electron chi connectivity index (χ0n) is 12.6. The number of rotatable bonds is 7. The Morgan fingerprint density at radius 3 is 2.65 bits per heavy atom. The van der Waals surface area contributed by atoms with Crippen LogP contribution in [-0.4, -0.2) is 45.7 Å². The van der Waals surface area contributed by atoms with Gasteiger partial charge in [0.1, 0.15) is 0 Å². The first-order valence-electron chi connectivity index (χ1n) is 7.69. The molecule has 1 aliphatic rings. The third kappa shape index (κ3) is 6.18. The van der Waals surface area contributed by atoms with Gasteiger partial charge >= 0.3 is 0 Å². The number of aliphatic hydroxyl groups is 3. The molecule has 0 aromatic rings. The lowest BCUT2D eigenvalue weighted by atomic mass is 9.96. The highest BCUT2D eigenvalue weighted by atomic mass is 16.3. The van der Waals surface area contributed by atoms with Gasteiger partial charge in [-0.3, -0.25) is 0 Å². The number of hydrogen-bond acceptors (Lipinski definition) is 4. The van der Waals surface area contributed by atoms with E-state index in [1.54, 1.807) is 12.2 Å². The van der Waals surface area contributed by atoms with Crippen LogP contribution in [0.15, 0.2) is 24.3 Å². The molecule has 1 fully saturated rings. The minimum absolute atomic E-state index is 0.115. The van der Waals surface area contributed by atoms with Gasteiger partial charge in [0.2, 0.25) is 0 Å². The van der Waals surface area contributed by atoms with Crippen molar-refractivity contribution in [1.82, 2.24) is 5.32 Å². The molecule has 0 amide bonds. The van der Waals surface area contributed by atoms with E-state index in [4.69, 9.17) is 0 Å². The van der Waals surface area contributed by atoms with E-state index in [1.165, 1.54) is 0 Å². The van der Waals surface area contributed by atoms with Crippen molar-refractivity contribution in [3.05, 3.63) is 24.3 Å². The van der Waals surface area contributed by atoms with Crippen molar-refractivity contribution >= 4 is 0 Å². The highest BCUT2D eigenvalue weighted by Crippen LogP contribution is 2.14. The fraction of sp³-hybridized carbons (Fsp3) is 0.750. The minimum Gasteiger partial charge on any atom is -0.392 e. The first-order chi connectivity index (χ1) is 9.54. The molecule has 4 nitrogen and oxygen atoms in total. The van der Waals surface area contributed by atoms with Gasteiger partial charge in [-0.1, -0.05) is 44.1 Å². The molecule has 1 heterocycles. The molecule has 0 aromatic heterocycles. The van der Waals surface area contributed by atoms with Crippen molar-refractivity contribution < 1.29 is 15.3 Å². The molecule has 1 saturated heterocycles. The zero-order valence-corrected chi connectivity index (χ0v) is 12.6. The van der Waals surface area contributed by atoms with E-state index in [9.17, 15) is 15.3 Å². The topological polar surface area (TPSA) is 72.7 Å². The average Bonchev–Trinajstić information content (AvgIpc) is 2.44. The maximum Gasteiger partial charge on any atom is 0.0982 e. The second-order valence-electron chi connectivity index (χ2n) is 5.68. The molecule has 5 atom stereocenters. The molecule has 0 aliphatic carbocycles. The number of hydrogen-bond donors (Lipinski definition) is 4. The Kier molecular flexibility index (Phi) is 8.07. The number of unbranched alkanes of at least 4 members (excludes halogenated alkanes) is 1. The van der Waals surface area contributed by atoms with Crippen LogP contribution in [0, 0.1) is 0 Å². The van der Waals surface area contributed by atoms with Gasteiger partial charge < -0.3 is 20.6 Å². The Morgan fingerprint density at radius 2 is 2.00 bits per heavy atom. The maximum absolute atomic E-state index is 9.74. The fourth-order valence-corrected chi connectivity index (χ4v) is 2.37. The van der Waals surface area contributed by atoms with E-state index in [1.807, 2.05) is 19.1 Å². The molecule has 20 heavy (non-hydrogen) atoms. The summed E-state index contributed by atoms with van der Waals surface area (Å²) in [4.78, 5) is 0. The largest absolute Gasteiger partial charge is 0.392 e. The summed E-state index contributed by atoms with van der Waals surface area (Å²) >= 11 is 0. The molecule has 0 aromatic carbocycles. The summed E-state index contributed by atoms with van der Waals surface area (Å²) in [5, 5.41) is 32.4. The summed E-state index contributed by atoms with van der Waals surface area (Å²) in [6.07, 6.45) is 9.88. The Hall–Kier alpha value is -0.680. The number of aliphatic hydroxyl groups excluding tert-OH is 3. The van der Waals surface area contributed by atoms with Crippen molar-refractivity contribution in [3.63, 3.8) is 0 Å². The van der Waals surface area contributed by atoms with E-state index in [2.05, 4.69) is 12.2 Å². The molecule has 116 valence electrons. The van der Waals surface area contributed by atoms with Crippen LogP contribution < -0.4 is 5.32 Å². The van der Waals surface area contributed by atoms with Crippen LogP contribution in [0.5, 0.6) is 0 Å². The smallest absolute Gasteiger partial charge is 0.0982 e. The molecular weight excluding hydrogens is 254 g/mol. The lowest BCUT2D eigenvalue weighted by Gasteiger charge is -2.31.